The summed E-state index contributed by atoms with van der Waals surface area (Å²) in [6.45, 7) is 7.61. The van der Waals surface area contributed by atoms with Crippen LogP contribution in [0.4, 0.5) is 0 Å². The van der Waals surface area contributed by atoms with Crippen molar-refractivity contribution in [3.8, 4) is 0 Å². The van der Waals surface area contributed by atoms with Crippen molar-refractivity contribution >= 4 is 16.3 Å². The van der Waals surface area contributed by atoms with Crippen molar-refractivity contribution in [2.75, 3.05) is 19.3 Å². The molecule has 0 unspecified atom stereocenters. The Hall–Kier alpha value is -0.620. The van der Waals surface area contributed by atoms with Gasteiger partial charge in [0, 0.05) is 6.26 Å². The van der Waals surface area contributed by atoms with Gasteiger partial charge >= 0.3 is 0 Å². The quantitative estimate of drug-likeness (QED) is 0.746. The number of hydrogen-bond donors (Lipinski definition) is 1. The molecule has 0 spiro atoms. The van der Waals surface area contributed by atoms with Crippen LogP contribution in [0.1, 0.15) is 33.6 Å². The summed E-state index contributed by atoms with van der Waals surface area (Å²) in [5.41, 5.74) is -0.318. The van der Waals surface area contributed by atoms with E-state index in [1.807, 2.05) is 20.8 Å². The predicted molar refractivity (Wildman–Crippen MR) is 67.6 cm³/mol. The Morgan fingerprint density at radius 1 is 1.24 bits per heavy atom. The molecule has 1 saturated heterocycles. The van der Waals surface area contributed by atoms with E-state index in [1.54, 1.807) is 0 Å². The minimum Gasteiger partial charge on any atom is -0.462 e. The fourth-order valence-corrected chi connectivity index (χ4v) is 2.46. The third-order valence-electron chi connectivity index (χ3n) is 2.29. The molecule has 0 atom stereocenters. The zero-order valence-electron chi connectivity index (χ0n) is 11.0. The third kappa shape index (κ3) is 9.12. The highest BCUT2D eigenvalue weighted by Gasteiger charge is 2.22. The van der Waals surface area contributed by atoms with Crippen molar-refractivity contribution in [1.29, 1.82) is 0 Å². The lowest BCUT2D eigenvalue weighted by Crippen LogP contribution is -2.35. The smallest absolute Gasteiger partial charge is 0.293 e. The zero-order valence-corrected chi connectivity index (χ0v) is 11.8. The molecule has 0 bridgehead atoms. The molecule has 0 aromatic carbocycles. The number of piperidine rings is 1. The Morgan fingerprint density at radius 2 is 1.71 bits per heavy atom. The van der Waals surface area contributed by atoms with Gasteiger partial charge in [0.25, 0.3) is 6.47 Å². The SMILES string of the molecule is CC(C)(C)OC=O.CS(=O)(=O)C1CCNCC1. The average Bonchev–Trinajstić information content (AvgIpc) is 2.17. The van der Waals surface area contributed by atoms with Gasteiger partial charge in [-0.2, -0.15) is 0 Å². The first-order chi connectivity index (χ1) is 7.67. The first kappa shape index (κ1) is 16.4. The fourth-order valence-electron chi connectivity index (χ4n) is 1.37. The largest absolute Gasteiger partial charge is 0.462 e. The van der Waals surface area contributed by atoms with E-state index >= 15 is 0 Å². The molecule has 1 fully saturated rings. The highest BCUT2D eigenvalue weighted by molar-refractivity contribution is 7.91. The van der Waals surface area contributed by atoms with Crippen LogP contribution in [0.3, 0.4) is 0 Å². The van der Waals surface area contributed by atoms with E-state index in [4.69, 9.17) is 0 Å². The number of sulfone groups is 1. The Labute approximate surface area is 104 Å². The average molecular weight is 265 g/mol. The van der Waals surface area contributed by atoms with Crippen molar-refractivity contribution in [3.63, 3.8) is 0 Å². The standard InChI is InChI=1S/C6H13NO2S.C5H10O2/c1-10(8,9)6-2-4-7-5-3-6;1-5(2,3)7-4-6/h6-7H,2-5H2,1H3;4H,1-3H3. The summed E-state index contributed by atoms with van der Waals surface area (Å²) < 4.78 is 26.5. The van der Waals surface area contributed by atoms with Gasteiger partial charge < -0.3 is 10.1 Å². The maximum atomic E-state index is 11.0. The molecule has 6 heteroatoms. The molecular weight excluding hydrogens is 242 g/mol. The number of nitrogens with one attached hydrogen (secondary N) is 1. The summed E-state index contributed by atoms with van der Waals surface area (Å²) in [5.74, 6) is 0. The molecule has 0 radical (unpaired) electrons. The van der Waals surface area contributed by atoms with Gasteiger partial charge in [-0.05, 0) is 46.7 Å². The topological polar surface area (TPSA) is 72.5 Å². The summed E-state index contributed by atoms with van der Waals surface area (Å²) in [5, 5.41) is 3.03. The zero-order chi connectivity index (χ0) is 13.5. The van der Waals surface area contributed by atoms with E-state index in [-0.39, 0.29) is 10.9 Å². The molecule has 1 heterocycles. The minimum atomic E-state index is -2.77. The lowest BCUT2D eigenvalue weighted by Gasteiger charge is -2.20. The van der Waals surface area contributed by atoms with E-state index in [2.05, 4.69) is 10.1 Å². The van der Waals surface area contributed by atoms with Crippen LogP contribution in [0.25, 0.3) is 0 Å². The number of carbonyl (C=O) groups is 1. The molecule has 5 nitrogen and oxygen atoms in total. The van der Waals surface area contributed by atoms with Crippen LogP contribution in [-0.2, 0) is 19.4 Å². The van der Waals surface area contributed by atoms with Gasteiger partial charge in [-0.1, -0.05) is 0 Å². The van der Waals surface area contributed by atoms with E-state index in [1.165, 1.54) is 6.26 Å². The van der Waals surface area contributed by atoms with Crippen LogP contribution in [0.2, 0.25) is 0 Å². The second kappa shape index (κ2) is 6.96. The Balaban J connectivity index is 0.000000325. The molecular formula is C11H23NO4S. The summed E-state index contributed by atoms with van der Waals surface area (Å²) >= 11 is 0. The first-order valence-corrected chi connectivity index (χ1v) is 7.63. The molecule has 0 amide bonds. The van der Waals surface area contributed by atoms with Gasteiger partial charge in [-0.3, -0.25) is 4.79 Å². The van der Waals surface area contributed by atoms with Gasteiger partial charge in [-0.15, -0.1) is 0 Å². The van der Waals surface area contributed by atoms with Crippen LogP contribution < -0.4 is 5.32 Å². The Bertz CT molecular complexity index is 313. The molecule has 102 valence electrons. The molecule has 1 rings (SSSR count). The van der Waals surface area contributed by atoms with Crippen LogP contribution in [0, 0.1) is 0 Å². The van der Waals surface area contributed by atoms with E-state index < -0.39 is 9.84 Å². The normalized spacial score (nSPS) is 17.9. The van der Waals surface area contributed by atoms with E-state index in [0.717, 1.165) is 25.9 Å². The summed E-state index contributed by atoms with van der Waals surface area (Å²) in [4.78, 5) is 9.60. The third-order valence-corrected chi connectivity index (χ3v) is 3.98. The first-order valence-electron chi connectivity index (χ1n) is 5.68. The van der Waals surface area contributed by atoms with Crippen molar-refractivity contribution < 1.29 is 17.9 Å². The second-order valence-electron chi connectivity index (χ2n) is 5.11. The van der Waals surface area contributed by atoms with Gasteiger partial charge in [0.1, 0.15) is 15.4 Å². The molecule has 0 aliphatic carbocycles. The highest BCUT2D eigenvalue weighted by atomic mass is 32.2. The lowest BCUT2D eigenvalue weighted by atomic mass is 10.2. The van der Waals surface area contributed by atoms with Gasteiger partial charge in [-0.25, -0.2) is 8.42 Å². The van der Waals surface area contributed by atoms with E-state index in [0.29, 0.717) is 6.47 Å². The highest BCUT2D eigenvalue weighted by Crippen LogP contribution is 2.10. The van der Waals surface area contributed by atoms with Gasteiger partial charge in [0.2, 0.25) is 0 Å². The minimum absolute atomic E-state index is 0.0891. The number of carbonyl (C=O) groups excluding carboxylic acids is 1. The Kier molecular flexibility index (Phi) is 6.70. The van der Waals surface area contributed by atoms with Crippen molar-refractivity contribution in [2.45, 2.75) is 44.5 Å². The van der Waals surface area contributed by atoms with Crippen molar-refractivity contribution in [1.82, 2.24) is 5.32 Å². The molecule has 0 aromatic heterocycles. The van der Waals surface area contributed by atoms with Crippen LogP contribution in [0.5, 0.6) is 0 Å². The molecule has 1 aliphatic heterocycles. The molecule has 0 aromatic rings. The van der Waals surface area contributed by atoms with Crippen molar-refractivity contribution in [2.24, 2.45) is 0 Å². The fraction of sp³-hybridized carbons (Fsp3) is 0.909. The monoisotopic (exact) mass is 265 g/mol. The van der Waals surface area contributed by atoms with Crippen LogP contribution in [-0.4, -0.2) is 45.1 Å². The summed E-state index contributed by atoms with van der Waals surface area (Å²) in [7, 11) is -2.77. The number of hydrogen-bond acceptors (Lipinski definition) is 5. The summed E-state index contributed by atoms with van der Waals surface area (Å²) in [6.07, 6.45) is 2.88. The van der Waals surface area contributed by atoms with Crippen molar-refractivity contribution in [3.05, 3.63) is 0 Å². The van der Waals surface area contributed by atoms with Gasteiger partial charge in [0.05, 0.1) is 5.25 Å². The number of rotatable bonds is 2. The van der Waals surface area contributed by atoms with E-state index in [9.17, 15) is 13.2 Å². The van der Waals surface area contributed by atoms with Crippen LogP contribution >= 0.6 is 0 Å². The second-order valence-corrected chi connectivity index (χ2v) is 7.43. The molecule has 17 heavy (non-hydrogen) atoms. The summed E-state index contributed by atoms with van der Waals surface area (Å²) in [6, 6.07) is 0. The number of ether oxygens (including phenoxy) is 1. The van der Waals surface area contributed by atoms with Crippen LogP contribution in [0.15, 0.2) is 0 Å². The maximum Gasteiger partial charge on any atom is 0.293 e. The Morgan fingerprint density at radius 3 is 1.88 bits per heavy atom. The lowest BCUT2D eigenvalue weighted by molar-refractivity contribution is -0.138. The predicted octanol–water partition coefficient (Wildman–Crippen LogP) is 0.741. The van der Waals surface area contributed by atoms with Gasteiger partial charge in [0.15, 0.2) is 0 Å². The maximum absolute atomic E-state index is 11.0. The molecule has 0 saturated carbocycles. The molecule has 1 aliphatic rings. The molecule has 1 N–H and O–H groups in total.